The Kier molecular flexibility index (Phi) is 4.77. The fourth-order valence-electron chi connectivity index (χ4n) is 1.97. The van der Waals surface area contributed by atoms with Crippen LogP contribution in [0.2, 0.25) is 0 Å². The molecule has 1 heterocycles. The van der Waals surface area contributed by atoms with Gasteiger partial charge in [0.05, 0.1) is 11.4 Å². The number of carbonyl (C=O) groups is 1. The Morgan fingerprint density at radius 2 is 2.05 bits per heavy atom. The number of anilines is 2. The van der Waals surface area contributed by atoms with Crippen LogP contribution in [0.15, 0.2) is 4.90 Å². The van der Waals surface area contributed by atoms with Crippen molar-refractivity contribution in [1.82, 2.24) is 5.32 Å². The van der Waals surface area contributed by atoms with E-state index in [1.54, 1.807) is 13.8 Å². The number of nitrogen functional groups attached to an aromatic ring is 1. The standard InChI is InChI=1S/C13H21N3O3S2/c1-3-15-12(17)10-9(14)11(21(18,19)4-2)13(20-10)16-7-8-5-6-8/h8,16H,3-7,14H2,1-2H3,(H,15,17). The van der Waals surface area contributed by atoms with Crippen LogP contribution in [0.25, 0.3) is 0 Å². The predicted octanol–water partition coefficient (Wildman–Crippen LogP) is 1.70. The number of rotatable bonds is 7. The van der Waals surface area contributed by atoms with Gasteiger partial charge in [-0.25, -0.2) is 8.42 Å². The molecular weight excluding hydrogens is 310 g/mol. The van der Waals surface area contributed by atoms with E-state index in [0.29, 0.717) is 17.5 Å². The highest BCUT2D eigenvalue weighted by Gasteiger charge is 2.29. The van der Waals surface area contributed by atoms with Gasteiger partial charge in [-0.1, -0.05) is 6.92 Å². The van der Waals surface area contributed by atoms with E-state index in [0.717, 1.165) is 30.7 Å². The molecule has 0 atom stereocenters. The summed E-state index contributed by atoms with van der Waals surface area (Å²) in [5.41, 5.74) is 6.01. The molecule has 8 heteroatoms. The fourth-order valence-corrected chi connectivity index (χ4v) is 4.56. The third kappa shape index (κ3) is 3.49. The molecule has 2 rings (SSSR count). The maximum absolute atomic E-state index is 12.3. The van der Waals surface area contributed by atoms with Crippen molar-refractivity contribution in [1.29, 1.82) is 0 Å². The molecule has 1 fully saturated rings. The van der Waals surface area contributed by atoms with Crippen LogP contribution < -0.4 is 16.4 Å². The normalized spacial score (nSPS) is 15.0. The van der Waals surface area contributed by atoms with Crippen molar-refractivity contribution in [3.8, 4) is 0 Å². The lowest BCUT2D eigenvalue weighted by atomic mass is 10.3. The second-order valence-electron chi connectivity index (χ2n) is 5.09. The van der Waals surface area contributed by atoms with Crippen molar-refractivity contribution in [2.75, 3.05) is 29.9 Å². The molecular formula is C13H21N3O3S2. The first-order valence-electron chi connectivity index (χ1n) is 7.07. The van der Waals surface area contributed by atoms with Crippen LogP contribution in [0.3, 0.4) is 0 Å². The zero-order valence-electron chi connectivity index (χ0n) is 12.2. The summed E-state index contributed by atoms with van der Waals surface area (Å²) < 4.78 is 24.5. The van der Waals surface area contributed by atoms with Gasteiger partial charge in [0.2, 0.25) is 0 Å². The highest BCUT2D eigenvalue weighted by Crippen LogP contribution is 2.40. The summed E-state index contributed by atoms with van der Waals surface area (Å²) >= 11 is 1.12. The van der Waals surface area contributed by atoms with Crippen molar-refractivity contribution in [2.45, 2.75) is 31.6 Å². The summed E-state index contributed by atoms with van der Waals surface area (Å²) in [5.74, 6) is 0.228. The monoisotopic (exact) mass is 331 g/mol. The van der Waals surface area contributed by atoms with E-state index in [4.69, 9.17) is 5.73 Å². The number of nitrogens with one attached hydrogen (secondary N) is 2. The summed E-state index contributed by atoms with van der Waals surface area (Å²) in [6, 6.07) is 0. The highest BCUT2D eigenvalue weighted by molar-refractivity contribution is 7.91. The number of amides is 1. The second-order valence-corrected chi connectivity index (χ2v) is 8.33. The average Bonchev–Trinajstić information content (AvgIpc) is 3.19. The van der Waals surface area contributed by atoms with E-state index in [2.05, 4.69) is 10.6 Å². The summed E-state index contributed by atoms with van der Waals surface area (Å²) in [5, 5.41) is 6.30. The first kappa shape index (κ1) is 16.1. The quantitative estimate of drug-likeness (QED) is 0.706. The Hall–Kier alpha value is -1.28. The Labute approximate surface area is 129 Å². The average molecular weight is 331 g/mol. The Bertz CT molecular complexity index is 633. The van der Waals surface area contributed by atoms with Gasteiger partial charge in [0.25, 0.3) is 5.91 Å². The van der Waals surface area contributed by atoms with E-state index in [1.807, 2.05) is 0 Å². The summed E-state index contributed by atoms with van der Waals surface area (Å²) in [4.78, 5) is 12.3. The lowest BCUT2D eigenvalue weighted by molar-refractivity contribution is 0.0960. The van der Waals surface area contributed by atoms with Gasteiger partial charge in [0.1, 0.15) is 14.8 Å². The van der Waals surface area contributed by atoms with E-state index < -0.39 is 9.84 Å². The fraction of sp³-hybridized carbons (Fsp3) is 0.615. The third-order valence-corrected chi connectivity index (χ3v) is 6.48. The maximum Gasteiger partial charge on any atom is 0.263 e. The molecule has 4 N–H and O–H groups in total. The van der Waals surface area contributed by atoms with E-state index in [9.17, 15) is 13.2 Å². The van der Waals surface area contributed by atoms with Crippen molar-refractivity contribution >= 4 is 37.8 Å². The van der Waals surface area contributed by atoms with Crippen LogP contribution in [-0.2, 0) is 9.84 Å². The first-order valence-corrected chi connectivity index (χ1v) is 9.54. The summed E-state index contributed by atoms with van der Waals surface area (Å²) in [7, 11) is -3.47. The molecule has 0 bridgehead atoms. The number of carbonyl (C=O) groups excluding carboxylic acids is 1. The molecule has 21 heavy (non-hydrogen) atoms. The van der Waals surface area contributed by atoms with Gasteiger partial charge < -0.3 is 16.4 Å². The Balaban J connectivity index is 2.40. The Morgan fingerprint density at radius 1 is 1.38 bits per heavy atom. The smallest absolute Gasteiger partial charge is 0.263 e. The van der Waals surface area contributed by atoms with Gasteiger partial charge in [-0.05, 0) is 25.7 Å². The van der Waals surface area contributed by atoms with Crippen molar-refractivity contribution < 1.29 is 13.2 Å². The van der Waals surface area contributed by atoms with E-state index in [1.165, 1.54) is 0 Å². The molecule has 0 unspecified atom stereocenters. The van der Waals surface area contributed by atoms with E-state index in [-0.39, 0.29) is 27.1 Å². The molecule has 0 aliphatic heterocycles. The van der Waals surface area contributed by atoms with Crippen molar-refractivity contribution in [3.05, 3.63) is 4.88 Å². The topological polar surface area (TPSA) is 101 Å². The van der Waals surface area contributed by atoms with Gasteiger partial charge in [-0.3, -0.25) is 4.79 Å². The number of sulfone groups is 1. The molecule has 1 saturated carbocycles. The second kappa shape index (κ2) is 6.23. The Morgan fingerprint density at radius 3 is 2.57 bits per heavy atom. The molecule has 0 spiro atoms. The van der Waals surface area contributed by atoms with Crippen LogP contribution in [0, 0.1) is 5.92 Å². The third-order valence-electron chi connectivity index (χ3n) is 3.38. The van der Waals surface area contributed by atoms with Crippen molar-refractivity contribution in [2.24, 2.45) is 5.92 Å². The predicted molar refractivity (Wildman–Crippen MR) is 85.7 cm³/mol. The number of thiophene rings is 1. The van der Waals surface area contributed by atoms with Crippen LogP contribution in [0.4, 0.5) is 10.7 Å². The molecule has 6 nitrogen and oxygen atoms in total. The molecule has 1 aliphatic carbocycles. The molecule has 118 valence electrons. The van der Waals surface area contributed by atoms with Crippen LogP contribution in [-0.4, -0.2) is 33.2 Å². The van der Waals surface area contributed by atoms with Crippen molar-refractivity contribution in [3.63, 3.8) is 0 Å². The minimum atomic E-state index is -3.47. The minimum Gasteiger partial charge on any atom is -0.396 e. The minimum absolute atomic E-state index is 0.0408. The maximum atomic E-state index is 12.3. The highest BCUT2D eigenvalue weighted by atomic mass is 32.2. The van der Waals surface area contributed by atoms with Crippen LogP contribution >= 0.6 is 11.3 Å². The van der Waals surface area contributed by atoms with Gasteiger partial charge in [-0.2, -0.15) is 0 Å². The lowest BCUT2D eigenvalue weighted by Crippen LogP contribution is -2.22. The zero-order valence-corrected chi connectivity index (χ0v) is 13.9. The van der Waals surface area contributed by atoms with Gasteiger partial charge in [-0.15, -0.1) is 11.3 Å². The van der Waals surface area contributed by atoms with Gasteiger partial charge in [0, 0.05) is 13.1 Å². The number of nitrogens with two attached hydrogens (primary N) is 1. The first-order chi connectivity index (χ1) is 9.90. The van der Waals surface area contributed by atoms with Crippen LogP contribution in [0.1, 0.15) is 36.4 Å². The van der Waals surface area contributed by atoms with Gasteiger partial charge in [0.15, 0.2) is 9.84 Å². The number of hydrogen-bond donors (Lipinski definition) is 3. The largest absolute Gasteiger partial charge is 0.396 e. The van der Waals surface area contributed by atoms with Gasteiger partial charge >= 0.3 is 0 Å². The zero-order chi connectivity index (χ0) is 15.6. The molecule has 1 aromatic heterocycles. The van der Waals surface area contributed by atoms with E-state index >= 15 is 0 Å². The molecule has 1 aromatic rings. The van der Waals surface area contributed by atoms with Crippen LogP contribution in [0.5, 0.6) is 0 Å². The molecule has 1 amide bonds. The SMILES string of the molecule is CCNC(=O)c1sc(NCC2CC2)c(S(=O)(=O)CC)c1N. The summed E-state index contributed by atoms with van der Waals surface area (Å²) in [6.45, 7) is 4.57. The molecule has 0 aromatic carbocycles. The lowest BCUT2D eigenvalue weighted by Gasteiger charge is -2.07. The molecule has 0 radical (unpaired) electrons. The summed E-state index contributed by atoms with van der Waals surface area (Å²) in [6.07, 6.45) is 2.32. The number of hydrogen-bond acceptors (Lipinski definition) is 6. The molecule has 1 aliphatic rings. The molecule has 0 saturated heterocycles.